The molecule has 166 valence electrons. The van der Waals surface area contributed by atoms with Gasteiger partial charge in [-0.15, -0.1) is 0 Å². The van der Waals surface area contributed by atoms with Crippen molar-refractivity contribution in [2.24, 2.45) is 0 Å². The molecule has 1 aromatic heterocycles. The average Bonchev–Trinajstić information content (AvgIpc) is 3.15. The van der Waals surface area contributed by atoms with Crippen LogP contribution >= 0.6 is 0 Å². The lowest BCUT2D eigenvalue weighted by atomic mass is 9.97. The average molecular weight is 440 g/mol. The Hall–Kier alpha value is -3.48. The number of hydrogen-bond donors (Lipinski definition) is 0. The number of hydrogen-bond acceptors (Lipinski definition) is 5. The molecule has 2 aliphatic heterocycles. The molecule has 1 fully saturated rings. The van der Waals surface area contributed by atoms with Gasteiger partial charge in [0.05, 0.1) is 30.2 Å². The van der Waals surface area contributed by atoms with E-state index >= 15 is 0 Å². The fourth-order valence-corrected chi connectivity index (χ4v) is 5.03. The molecule has 4 aromatic rings. The second-order valence-corrected chi connectivity index (χ2v) is 8.60. The van der Waals surface area contributed by atoms with Crippen LogP contribution in [0.3, 0.4) is 0 Å². The zero-order valence-corrected chi connectivity index (χ0v) is 18.2. The van der Waals surface area contributed by atoms with E-state index in [9.17, 15) is 9.59 Å². The normalized spacial score (nSPS) is 18.8. The Balaban J connectivity index is 1.50. The molecular formula is C27H24N2O4. The highest BCUT2D eigenvalue weighted by atomic mass is 16.5. The number of benzene rings is 3. The van der Waals surface area contributed by atoms with E-state index in [4.69, 9.17) is 9.15 Å². The predicted molar refractivity (Wildman–Crippen MR) is 127 cm³/mol. The SMILES string of the molecule is O=C1c2oc3c(ccc4ccccc43)c(=O)c2[C@H](c2ccccc2)N1CCN1CCOCC1. The number of rotatable bonds is 4. The third kappa shape index (κ3) is 3.34. The van der Waals surface area contributed by atoms with Gasteiger partial charge in [-0.05, 0) is 17.0 Å². The summed E-state index contributed by atoms with van der Waals surface area (Å²) in [4.78, 5) is 31.5. The number of carbonyl (C=O) groups excluding carboxylic acids is 1. The van der Waals surface area contributed by atoms with Crippen LogP contribution in [-0.4, -0.2) is 55.1 Å². The second kappa shape index (κ2) is 8.14. The largest absolute Gasteiger partial charge is 0.450 e. The maximum atomic E-state index is 13.8. The first kappa shape index (κ1) is 20.1. The van der Waals surface area contributed by atoms with Gasteiger partial charge in [0, 0.05) is 31.6 Å². The van der Waals surface area contributed by atoms with Gasteiger partial charge < -0.3 is 14.1 Å². The first-order chi connectivity index (χ1) is 16.2. The molecule has 0 spiro atoms. The lowest BCUT2D eigenvalue weighted by Crippen LogP contribution is -2.42. The Labute approximate surface area is 191 Å². The first-order valence-electron chi connectivity index (χ1n) is 11.4. The Morgan fingerprint density at radius 2 is 1.58 bits per heavy atom. The third-order valence-corrected chi connectivity index (χ3v) is 6.73. The van der Waals surface area contributed by atoms with Gasteiger partial charge in [0.25, 0.3) is 5.91 Å². The maximum Gasteiger partial charge on any atom is 0.290 e. The van der Waals surface area contributed by atoms with Crippen LogP contribution < -0.4 is 5.43 Å². The van der Waals surface area contributed by atoms with Crippen LogP contribution in [0.2, 0.25) is 0 Å². The molecule has 3 aromatic carbocycles. The Bertz CT molecular complexity index is 1410. The van der Waals surface area contributed by atoms with E-state index in [1.165, 1.54) is 0 Å². The minimum Gasteiger partial charge on any atom is -0.450 e. The second-order valence-electron chi connectivity index (χ2n) is 8.60. The quantitative estimate of drug-likeness (QED) is 0.452. The van der Waals surface area contributed by atoms with Crippen molar-refractivity contribution in [3.05, 3.63) is 93.8 Å². The summed E-state index contributed by atoms with van der Waals surface area (Å²) in [6.07, 6.45) is 0. The summed E-state index contributed by atoms with van der Waals surface area (Å²) in [5, 5.41) is 2.32. The summed E-state index contributed by atoms with van der Waals surface area (Å²) in [5.41, 5.74) is 1.70. The number of nitrogens with zero attached hydrogens (tertiary/aromatic N) is 2. The molecule has 0 unspecified atom stereocenters. The number of amides is 1. The summed E-state index contributed by atoms with van der Waals surface area (Å²) in [6, 6.07) is 20.8. The van der Waals surface area contributed by atoms with Gasteiger partial charge in [-0.2, -0.15) is 0 Å². The number of fused-ring (bicyclic) bond motifs is 4. The van der Waals surface area contributed by atoms with Crippen LogP contribution in [0.4, 0.5) is 0 Å². The van der Waals surface area contributed by atoms with Gasteiger partial charge >= 0.3 is 0 Å². The monoisotopic (exact) mass is 440 g/mol. The van der Waals surface area contributed by atoms with Crippen LogP contribution in [0.1, 0.15) is 27.7 Å². The minimum atomic E-state index is -0.457. The summed E-state index contributed by atoms with van der Waals surface area (Å²) < 4.78 is 11.7. The van der Waals surface area contributed by atoms with E-state index in [1.807, 2.05) is 66.7 Å². The fraction of sp³-hybridized carbons (Fsp3) is 0.259. The van der Waals surface area contributed by atoms with Crippen LogP contribution in [0, 0.1) is 0 Å². The van der Waals surface area contributed by atoms with Gasteiger partial charge in [0.2, 0.25) is 5.76 Å². The molecule has 0 bridgehead atoms. The highest BCUT2D eigenvalue weighted by Gasteiger charge is 2.42. The van der Waals surface area contributed by atoms with Crippen molar-refractivity contribution >= 4 is 27.6 Å². The molecule has 3 heterocycles. The van der Waals surface area contributed by atoms with E-state index < -0.39 is 6.04 Å². The van der Waals surface area contributed by atoms with Crippen molar-refractivity contribution in [2.45, 2.75) is 6.04 Å². The molecule has 6 rings (SSSR count). The van der Waals surface area contributed by atoms with Gasteiger partial charge in [-0.1, -0.05) is 60.7 Å². The molecule has 33 heavy (non-hydrogen) atoms. The first-order valence-corrected chi connectivity index (χ1v) is 11.4. The van der Waals surface area contributed by atoms with Crippen LogP contribution in [0.5, 0.6) is 0 Å². The van der Waals surface area contributed by atoms with Crippen LogP contribution in [0.15, 0.2) is 75.9 Å². The Morgan fingerprint density at radius 1 is 0.818 bits per heavy atom. The highest BCUT2D eigenvalue weighted by molar-refractivity contribution is 6.06. The molecule has 0 saturated carbocycles. The van der Waals surface area contributed by atoms with Gasteiger partial charge in [-0.25, -0.2) is 0 Å². The molecule has 0 radical (unpaired) electrons. The predicted octanol–water partition coefficient (Wildman–Crippen LogP) is 3.82. The maximum absolute atomic E-state index is 13.8. The third-order valence-electron chi connectivity index (χ3n) is 6.73. The molecule has 1 atom stereocenters. The standard InChI is InChI=1S/C27H24N2O4/c30-24-21-11-10-18-6-4-5-9-20(18)25(21)33-26-22(24)23(19-7-2-1-3-8-19)29(27(26)31)13-12-28-14-16-32-17-15-28/h1-11,23H,12-17H2/t23-/m0/s1. The van der Waals surface area contributed by atoms with Gasteiger partial charge in [-0.3, -0.25) is 14.5 Å². The molecule has 0 aliphatic carbocycles. The van der Waals surface area contributed by atoms with E-state index in [0.717, 1.165) is 36.0 Å². The molecule has 0 N–H and O–H groups in total. The van der Waals surface area contributed by atoms with Crippen LogP contribution in [-0.2, 0) is 4.74 Å². The van der Waals surface area contributed by atoms with Crippen molar-refractivity contribution in [3.8, 4) is 0 Å². The van der Waals surface area contributed by atoms with Crippen molar-refractivity contribution in [1.82, 2.24) is 9.80 Å². The van der Waals surface area contributed by atoms with Crippen LogP contribution in [0.25, 0.3) is 21.7 Å². The summed E-state index contributed by atoms with van der Waals surface area (Å²) in [5.74, 6) is -0.0567. The van der Waals surface area contributed by atoms with E-state index in [1.54, 1.807) is 4.90 Å². The zero-order valence-electron chi connectivity index (χ0n) is 18.2. The summed E-state index contributed by atoms with van der Waals surface area (Å²) >= 11 is 0. The van der Waals surface area contributed by atoms with Crippen molar-refractivity contribution in [2.75, 3.05) is 39.4 Å². The van der Waals surface area contributed by atoms with Gasteiger partial charge in [0.15, 0.2) is 5.43 Å². The van der Waals surface area contributed by atoms with E-state index in [-0.39, 0.29) is 17.1 Å². The molecule has 6 nitrogen and oxygen atoms in total. The summed E-state index contributed by atoms with van der Waals surface area (Å²) in [7, 11) is 0. The lowest BCUT2D eigenvalue weighted by molar-refractivity contribution is 0.0314. The number of morpholine rings is 1. The molecule has 6 heteroatoms. The molecular weight excluding hydrogens is 416 g/mol. The number of ether oxygens (including phenoxy) is 1. The minimum absolute atomic E-state index is 0.131. The lowest BCUT2D eigenvalue weighted by Gasteiger charge is -2.31. The Kier molecular flexibility index (Phi) is 4.97. The highest BCUT2D eigenvalue weighted by Crippen LogP contribution is 2.39. The van der Waals surface area contributed by atoms with Crippen molar-refractivity contribution < 1.29 is 13.9 Å². The molecule has 1 amide bonds. The molecule has 1 saturated heterocycles. The van der Waals surface area contributed by atoms with Crippen molar-refractivity contribution in [1.29, 1.82) is 0 Å². The van der Waals surface area contributed by atoms with E-state index in [0.29, 0.717) is 36.3 Å². The fourth-order valence-electron chi connectivity index (χ4n) is 5.03. The zero-order chi connectivity index (χ0) is 22.4. The smallest absolute Gasteiger partial charge is 0.290 e. The summed E-state index contributed by atoms with van der Waals surface area (Å²) in [6.45, 7) is 4.34. The van der Waals surface area contributed by atoms with Crippen molar-refractivity contribution in [3.63, 3.8) is 0 Å². The van der Waals surface area contributed by atoms with Gasteiger partial charge in [0.1, 0.15) is 5.58 Å². The number of carbonyl (C=O) groups is 1. The Morgan fingerprint density at radius 3 is 2.39 bits per heavy atom. The molecule has 2 aliphatic rings. The topological polar surface area (TPSA) is 63.0 Å². The van der Waals surface area contributed by atoms with E-state index in [2.05, 4.69) is 4.90 Å².